The Hall–Kier alpha value is 0.573. The molecule has 0 saturated carbocycles. The fourth-order valence-electron chi connectivity index (χ4n) is 0.441. The second-order valence-electron chi connectivity index (χ2n) is 2.13. The molecule has 50 valence electrons. The van der Waals surface area contributed by atoms with Crippen molar-refractivity contribution in [2.45, 2.75) is 11.4 Å². The standard InChI is InChI=1S/C5H10NO.BrH.Zn/c1-4-5(7)6(2)3;;/h4H,1-3H3;1H;/q;;+1/p-1. The fraction of sp³-hybridized carbons (Fsp3) is 0.800. The van der Waals surface area contributed by atoms with Crippen molar-refractivity contribution >= 4 is 5.91 Å². The van der Waals surface area contributed by atoms with Gasteiger partial charge >= 0.3 is 59.4 Å². The minimum atomic E-state index is 0. The van der Waals surface area contributed by atoms with E-state index in [2.05, 4.69) is 0 Å². The van der Waals surface area contributed by atoms with Gasteiger partial charge in [-0.25, -0.2) is 0 Å². The molecule has 0 heterocycles. The molecule has 0 spiro atoms. The molecular formula is C5H10BrNOZn. The van der Waals surface area contributed by atoms with Gasteiger partial charge in [-0.15, -0.1) is 0 Å². The Morgan fingerprint density at radius 2 is 1.89 bits per heavy atom. The third kappa shape index (κ3) is 5.04. The Morgan fingerprint density at radius 3 is 1.89 bits per heavy atom. The van der Waals surface area contributed by atoms with Crippen LogP contribution >= 0.6 is 0 Å². The summed E-state index contributed by atoms with van der Waals surface area (Å²) >= 11 is 1.05. The first kappa shape index (κ1) is 12.3. The van der Waals surface area contributed by atoms with Crippen LogP contribution in [0.2, 0.25) is 4.51 Å². The van der Waals surface area contributed by atoms with Gasteiger partial charge in [0.1, 0.15) is 0 Å². The van der Waals surface area contributed by atoms with Gasteiger partial charge < -0.3 is 17.0 Å². The zero-order valence-corrected chi connectivity index (χ0v) is 10.6. The number of hydrogen-bond donors (Lipinski definition) is 0. The number of carbonyl (C=O) groups is 1. The van der Waals surface area contributed by atoms with E-state index in [1.54, 1.807) is 19.0 Å². The molecule has 4 heteroatoms. The second kappa shape index (κ2) is 5.37. The monoisotopic (exact) mass is 243 g/mol. The van der Waals surface area contributed by atoms with E-state index < -0.39 is 0 Å². The first-order chi connectivity index (χ1) is 3.55. The van der Waals surface area contributed by atoms with E-state index in [1.165, 1.54) is 0 Å². The summed E-state index contributed by atoms with van der Waals surface area (Å²) in [5, 5.41) is 0. The Balaban J connectivity index is 0. The molecule has 1 atom stereocenters. The first-order valence-electron chi connectivity index (χ1n) is 2.60. The van der Waals surface area contributed by atoms with Crippen LogP contribution in [0.5, 0.6) is 0 Å². The maximum atomic E-state index is 10.8. The zero-order chi connectivity index (χ0) is 6.73. The molecule has 0 radical (unpaired) electrons. The van der Waals surface area contributed by atoms with Crippen LogP contribution < -0.4 is 17.0 Å². The number of nitrogens with zero attached hydrogens (tertiary/aromatic N) is 1. The number of carbonyl (C=O) groups excluding carboxylic acids is 1. The van der Waals surface area contributed by atoms with Crippen molar-refractivity contribution in [1.29, 1.82) is 0 Å². The predicted octanol–water partition coefficient (Wildman–Crippen LogP) is -2.57. The maximum Gasteiger partial charge on any atom is -1.00 e. The number of halogens is 1. The summed E-state index contributed by atoms with van der Waals surface area (Å²) in [6.45, 7) is 1.95. The summed E-state index contributed by atoms with van der Waals surface area (Å²) in [5.41, 5.74) is 0. The average Bonchev–Trinajstić information content (AvgIpc) is 1.64. The zero-order valence-electron chi connectivity index (χ0n) is 6.02. The molecule has 1 amide bonds. The van der Waals surface area contributed by atoms with E-state index >= 15 is 0 Å². The van der Waals surface area contributed by atoms with Crippen LogP contribution in [0.15, 0.2) is 0 Å². The van der Waals surface area contributed by atoms with E-state index in [0.717, 1.165) is 18.3 Å². The molecule has 9 heavy (non-hydrogen) atoms. The van der Waals surface area contributed by atoms with Gasteiger partial charge in [0.05, 0.1) is 0 Å². The van der Waals surface area contributed by atoms with Crippen molar-refractivity contribution in [2.75, 3.05) is 14.1 Å². The Bertz CT molecular complexity index is 85.0. The number of amides is 1. The SMILES string of the molecule is C[CH]([Zn+])C(=O)N(C)C.[Br-]. The molecule has 0 aliphatic heterocycles. The number of hydrogen-bond acceptors (Lipinski definition) is 1. The molecular weight excluding hydrogens is 235 g/mol. The van der Waals surface area contributed by atoms with Crippen LogP contribution in [0, 0.1) is 0 Å². The van der Waals surface area contributed by atoms with Crippen LogP contribution in [0.1, 0.15) is 6.92 Å². The van der Waals surface area contributed by atoms with E-state index in [-0.39, 0.29) is 27.4 Å². The molecule has 0 aromatic rings. The van der Waals surface area contributed by atoms with Crippen LogP contribution in [0.3, 0.4) is 0 Å². The Labute approximate surface area is 76.4 Å². The Morgan fingerprint density at radius 1 is 1.56 bits per heavy atom. The van der Waals surface area contributed by atoms with Crippen LogP contribution in [0.4, 0.5) is 0 Å². The molecule has 1 unspecified atom stereocenters. The quantitative estimate of drug-likeness (QED) is 0.465. The van der Waals surface area contributed by atoms with Crippen molar-refractivity contribution in [3.8, 4) is 0 Å². The average molecular weight is 245 g/mol. The van der Waals surface area contributed by atoms with E-state index in [0.29, 0.717) is 0 Å². The van der Waals surface area contributed by atoms with Crippen molar-refractivity contribution in [1.82, 2.24) is 4.90 Å². The van der Waals surface area contributed by atoms with Gasteiger partial charge in [-0.3, -0.25) is 0 Å². The first-order valence-corrected chi connectivity index (χ1v) is 4.31. The third-order valence-electron chi connectivity index (χ3n) is 0.862. The largest absolute Gasteiger partial charge is 1.00 e. The van der Waals surface area contributed by atoms with Crippen molar-refractivity contribution in [3.05, 3.63) is 0 Å². The molecule has 2 nitrogen and oxygen atoms in total. The van der Waals surface area contributed by atoms with Gasteiger partial charge in [0.15, 0.2) is 0 Å². The van der Waals surface area contributed by atoms with Gasteiger partial charge in [-0.1, -0.05) is 0 Å². The van der Waals surface area contributed by atoms with Gasteiger partial charge in [-0.05, 0) is 0 Å². The van der Waals surface area contributed by atoms with Crippen molar-refractivity contribution in [3.63, 3.8) is 0 Å². The molecule has 0 fully saturated rings. The molecule has 0 N–H and O–H groups in total. The van der Waals surface area contributed by atoms with Crippen LogP contribution in [-0.4, -0.2) is 24.9 Å². The van der Waals surface area contributed by atoms with Gasteiger partial charge in [0, 0.05) is 0 Å². The summed E-state index contributed by atoms with van der Waals surface area (Å²) < 4.78 is 0.255. The van der Waals surface area contributed by atoms with E-state index in [4.69, 9.17) is 0 Å². The molecule has 0 bridgehead atoms. The minimum Gasteiger partial charge on any atom is -1.00 e. The molecule has 0 aliphatic carbocycles. The Kier molecular flexibility index (Phi) is 7.31. The fourth-order valence-corrected chi connectivity index (χ4v) is 1.21. The topological polar surface area (TPSA) is 20.3 Å². The van der Waals surface area contributed by atoms with Gasteiger partial charge in [-0.2, -0.15) is 0 Å². The second-order valence-corrected chi connectivity index (χ2v) is 4.70. The summed E-state index contributed by atoms with van der Waals surface area (Å²) in [6.07, 6.45) is 0. The molecule has 0 aromatic heterocycles. The van der Waals surface area contributed by atoms with Crippen LogP contribution in [-0.2, 0) is 23.1 Å². The maximum absolute atomic E-state index is 10.8. The van der Waals surface area contributed by atoms with E-state index in [1.807, 2.05) is 6.92 Å². The van der Waals surface area contributed by atoms with Crippen molar-refractivity contribution < 1.29 is 40.1 Å². The third-order valence-corrected chi connectivity index (χ3v) is 1.60. The summed E-state index contributed by atoms with van der Waals surface area (Å²) in [6, 6.07) is 0. The summed E-state index contributed by atoms with van der Waals surface area (Å²) in [7, 11) is 3.57. The summed E-state index contributed by atoms with van der Waals surface area (Å²) in [5.74, 6) is 0.241. The molecule has 0 saturated heterocycles. The molecule has 0 aliphatic rings. The minimum absolute atomic E-state index is 0. The molecule has 0 rings (SSSR count). The van der Waals surface area contributed by atoms with Gasteiger partial charge in [0.25, 0.3) is 0 Å². The summed E-state index contributed by atoms with van der Waals surface area (Å²) in [4.78, 5) is 12.4. The van der Waals surface area contributed by atoms with Crippen molar-refractivity contribution in [2.24, 2.45) is 0 Å². The van der Waals surface area contributed by atoms with Gasteiger partial charge in [0.2, 0.25) is 0 Å². The molecule has 0 aromatic carbocycles. The predicted molar refractivity (Wildman–Crippen MR) is 28.1 cm³/mol. The normalized spacial score (nSPS) is 11.7. The van der Waals surface area contributed by atoms with E-state index in [9.17, 15) is 4.79 Å². The number of rotatable bonds is 1. The van der Waals surface area contributed by atoms with Crippen LogP contribution in [0.25, 0.3) is 0 Å². The smallest absolute Gasteiger partial charge is 1.00 e.